The molecule has 0 unspecified atom stereocenters. The minimum atomic E-state index is -0.211. The number of aromatic nitrogens is 3. The quantitative estimate of drug-likeness (QED) is 0.745. The van der Waals surface area contributed by atoms with Crippen molar-refractivity contribution in [2.24, 2.45) is 0 Å². The highest BCUT2D eigenvalue weighted by atomic mass is 19.1. The fraction of sp³-hybridized carbons (Fsp3) is 0.364. The molecule has 2 aliphatic rings. The molecule has 1 aliphatic heterocycles. The summed E-state index contributed by atoms with van der Waals surface area (Å²) in [5.41, 5.74) is 1.94. The van der Waals surface area contributed by atoms with E-state index in [0.29, 0.717) is 19.0 Å². The Balaban J connectivity index is 1.37. The number of hydrogen-bond donors (Lipinski definition) is 1. The van der Waals surface area contributed by atoms with E-state index in [9.17, 15) is 4.39 Å². The minimum absolute atomic E-state index is 0.211. The van der Waals surface area contributed by atoms with Crippen molar-refractivity contribution in [1.82, 2.24) is 20.1 Å². The lowest BCUT2D eigenvalue weighted by molar-refractivity contribution is 0.144. The van der Waals surface area contributed by atoms with Gasteiger partial charge in [-0.2, -0.15) is 0 Å². The first kappa shape index (κ1) is 17.4. The van der Waals surface area contributed by atoms with Gasteiger partial charge >= 0.3 is 0 Å². The number of benzene rings is 2. The summed E-state index contributed by atoms with van der Waals surface area (Å²) in [6, 6.07) is 15.0. The first-order valence-corrected chi connectivity index (χ1v) is 9.93. The normalized spacial score (nSPS) is 21.5. The summed E-state index contributed by atoms with van der Waals surface area (Å²) >= 11 is 0. The average Bonchev–Trinajstić information content (AvgIpc) is 3.05. The monoisotopic (exact) mass is 378 g/mol. The molecule has 0 amide bonds. The van der Waals surface area contributed by atoms with Crippen LogP contribution in [0.3, 0.4) is 0 Å². The maximum absolute atomic E-state index is 13.7. The molecule has 0 spiro atoms. The van der Waals surface area contributed by atoms with E-state index in [1.165, 1.54) is 6.07 Å². The Morgan fingerprint density at radius 3 is 2.61 bits per heavy atom. The van der Waals surface area contributed by atoms with E-state index in [1.54, 1.807) is 6.07 Å². The molecule has 5 rings (SSSR count). The zero-order valence-electron chi connectivity index (χ0n) is 15.6. The van der Waals surface area contributed by atoms with E-state index in [-0.39, 0.29) is 11.9 Å². The molecule has 1 N–H and O–H groups in total. The minimum Gasteiger partial charge on any atom is -0.490 e. The van der Waals surface area contributed by atoms with Gasteiger partial charge in [0.1, 0.15) is 17.4 Å². The van der Waals surface area contributed by atoms with Crippen LogP contribution in [0.5, 0.6) is 5.75 Å². The van der Waals surface area contributed by atoms with Crippen molar-refractivity contribution in [3.05, 3.63) is 71.6 Å². The Labute approximate surface area is 163 Å². The molecule has 1 aliphatic carbocycles. The number of fused-ring (bicyclic) bond motifs is 3. The van der Waals surface area contributed by atoms with Crippen molar-refractivity contribution in [2.75, 3.05) is 0 Å². The van der Waals surface area contributed by atoms with Gasteiger partial charge in [0.15, 0.2) is 5.82 Å². The van der Waals surface area contributed by atoms with Crippen molar-refractivity contribution < 1.29 is 9.13 Å². The highest BCUT2D eigenvalue weighted by molar-refractivity contribution is 5.44. The van der Waals surface area contributed by atoms with Crippen LogP contribution in [-0.2, 0) is 13.1 Å². The lowest BCUT2D eigenvalue weighted by Crippen LogP contribution is -2.24. The van der Waals surface area contributed by atoms with E-state index >= 15 is 0 Å². The first-order valence-electron chi connectivity index (χ1n) is 9.93. The molecule has 3 aromatic rings. The molecule has 28 heavy (non-hydrogen) atoms. The second-order valence-corrected chi connectivity index (χ2v) is 7.59. The molecule has 2 aromatic carbocycles. The van der Waals surface area contributed by atoms with E-state index in [1.807, 2.05) is 36.4 Å². The first-order chi connectivity index (χ1) is 13.8. The SMILES string of the molecule is Fc1ccc2c(c1)CNCc1nnc(C3CCC(Oc4ccccc4)CC3)n1-2. The molecular formula is C22H23FN4O. The maximum atomic E-state index is 13.7. The average molecular weight is 378 g/mol. The Morgan fingerprint density at radius 1 is 0.964 bits per heavy atom. The van der Waals surface area contributed by atoms with Crippen LogP contribution in [0, 0.1) is 5.82 Å². The molecule has 0 saturated heterocycles. The van der Waals surface area contributed by atoms with Crippen LogP contribution < -0.4 is 10.1 Å². The fourth-order valence-electron chi connectivity index (χ4n) is 4.32. The van der Waals surface area contributed by atoms with E-state index in [2.05, 4.69) is 20.1 Å². The van der Waals surface area contributed by atoms with Crippen molar-refractivity contribution >= 4 is 0 Å². The van der Waals surface area contributed by atoms with Gasteiger partial charge in [-0.3, -0.25) is 4.57 Å². The Bertz CT molecular complexity index is 964. The standard InChI is InChI=1S/C22H23FN4O/c23-17-8-11-20-16(12-17)13-24-14-21-25-26-22(27(20)21)15-6-9-19(10-7-15)28-18-4-2-1-3-5-18/h1-5,8,11-12,15,19,24H,6-7,9-10,13-14H2. The van der Waals surface area contributed by atoms with Gasteiger partial charge in [-0.1, -0.05) is 18.2 Å². The Kier molecular flexibility index (Phi) is 4.56. The highest BCUT2D eigenvalue weighted by Crippen LogP contribution is 2.36. The second-order valence-electron chi connectivity index (χ2n) is 7.59. The number of halogens is 1. The van der Waals surface area contributed by atoms with Gasteiger partial charge in [0, 0.05) is 12.5 Å². The molecule has 144 valence electrons. The highest BCUT2D eigenvalue weighted by Gasteiger charge is 2.30. The predicted molar refractivity (Wildman–Crippen MR) is 104 cm³/mol. The lowest BCUT2D eigenvalue weighted by Gasteiger charge is -2.29. The van der Waals surface area contributed by atoms with Crippen LogP contribution in [0.15, 0.2) is 48.5 Å². The van der Waals surface area contributed by atoms with Crippen LogP contribution in [0.25, 0.3) is 5.69 Å². The maximum Gasteiger partial charge on any atom is 0.151 e. The molecule has 2 heterocycles. The number of rotatable bonds is 3. The number of ether oxygens (including phenoxy) is 1. The Hall–Kier alpha value is -2.73. The molecular weight excluding hydrogens is 355 g/mol. The number of hydrogen-bond acceptors (Lipinski definition) is 4. The lowest BCUT2D eigenvalue weighted by atomic mass is 9.86. The van der Waals surface area contributed by atoms with Crippen molar-refractivity contribution in [2.45, 2.75) is 50.8 Å². The molecule has 5 nitrogen and oxygen atoms in total. The zero-order chi connectivity index (χ0) is 18.9. The van der Waals surface area contributed by atoms with Crippen LogP contribution in [0.4, 0.5) is 4.39 Å². The predicted octanol–water partition coefficient (Wildman–Crippen LogP) is 4.11. The summed E-state index contributed by atoms with van der Waals surface area (Å²) in [7, 11) is 0. The van der Waals surface area contributed by atoms with Crippen molar-refractivity contribution in [3.63, 3.8) is 0 Å². The van der Waals surface area contributed by atoms with Crippen LogP contribution in [0.1, 0.15) is 48.8 Å². The Morgan fingerprint density at radius 2 is 1.79 bits per heavy atom. The van der Waals surface area contributed by atoms with E-state index in [0.717, 1.165) is 54.3 Å². The van der Waals surface area contributed by atoms with Gasteiger partial charge in [-0.05, 0) is 61.6 Å². The molecule has 0 atom stereocenters. The number of nitrogens with one attached hydrogen (secondary N) is 1. The molecule has 1 fully saturated rings. The summed E-state index contributed by atoms with van der Waals surface area (Å²) in [5.74, 6) is 2.95. The summed E-state index contributed by atoms with van der Waals surface area (Å²) in [6.45, 7) is 1.27. The smallest absolute Gasteiger partial charge is 0.151 e. The third-order valence-electron chi connectivity index (χ3n) is 5.72. The molecule has 0 radical (unpaired) electrons. The van der Waals surface area contributed by atoms with Gasteiger partial charge < -0.3 is 10.1 Å². The summed E-state index contributed by atoms with van der Waals surface area (Å²) in [4.78, 5) is 0. The van der Waals surface area contributed by atoms with Crippen LogP contribution >= 0.6 is 0 Å². The van der Waals surface area contributed by atoms with Gasteiger partial charge in [-0.15, -0.1) is 10.2 Å². The number of nitrogens with zero attached hydrogens (tertiary/aromatic N) is 3. The topological polar surface area (TPSA) is 52.0 Å². The van der Waals surface area contributed by atoms with E-state index < -0.39 is 0 Å². The second kappa shape index (κ2) is 7.36. The van der Waals surface area contributed by atoms with Gasteiger partial charge in [0.2, 0.25) is 0 Å². The van der Waals surface area contributed by atoms with Gasteiger partial charge in [-0.25, -0.2) is 4.39 Å². The van der Waals surface area contributed by atoms with E-state index in [4.69, 9.17) is 4.74 Å². The molecule has 0 bridgehead atoms. The number of para-hydroxylation sites is 1. The van der Waals surface area contributed by atoms with Crippen LogP contribution in [0.2, 0.25) is 0 Å². The third-order valence-corrected chi connectivity index (χ3v) is 5.72. The summed E-state index contributed by atoms with van der Waals surface area (Å²) in [6.07, 6.45) is 4.26. The zero-order valence-corrected chi connectivity index (χ0v) is 15.6. The largest absolute Gasteiger partial charge is 0.490 e. The fourth-order valence-corrected chi connectivity index (χ4v) is 4.32. The molecule has 1 aromatic heterocycles. The van der Waals surface area contributed by atoms with Crippen molar-refractivity contribution in [3.8, 4) is 11.4 Å². The summed E-state index contributed by atoms with van der Waals surface area (Å²) < 4.78 is 22.0. The molecule has 6 heteroatoms. The van der Waals surface area contributed by atoms with Gasteiger partial charge in [0.05, 0.1) is 18.3 Å². The summed E-state index contributed by atoms with van der Waals surface area (Å²) in [5, 5.41) is 12.3. The third kappa shape index (κ3) is 3.29. The molecule has 1 saturated carbocycles. The van der Waals surface area contributed by atoms with Gasteiger partial charge in [0.25, 0.3) is 0 Å². The van der Waals surface area contributed by atoms with Crippen LogP contribution in [-0.4, -0.2) is 20.9 Å². The van der Waals surface area contributed by atoms with Crippen molar-refractivity contribution in [1.29, 1.82) is 0 Å².